The molecule has 2 heterocycles. The number of nitrogens with zero attached hydrogens (tertiary/aromatic N) is 8. The zero-order chi connectivity index (χ0) is 60.0. The molecule has 15 rings (SSSR count). The first-order valence-corrected chi connectivity index (χ1v) is 30.2. The summed E-state index contributed by atoms with van der Waals surface area (Å²) >= 11 is 0. The lowest BCUT2D eigenvalue weighted by Gasteiger charge is -2.26. The number of rotatable bonds is 16. The van der Waals surface area contributed by atoms with Crippen LogP contribution in [-0.4, -0.2) is 19.9 Å². The average Bonchev–Trinajstić information content (AvgIpc) is 1.01. The predicted octanol–water partition coefficient (Wildman–Crippen LogP) is 22.1. The van der Waals surface area contributed by atoms with E-state index in [9.17, 15) is 0 Å². The van der Waals surface area contributed by atoms with Crippen LogP contribution in [0, 0.1) is 0 Å². The van der Waals surface area contributed by atoms with Gasteiger partial charge in [0.25, 0.3) is 0 Å². The molecule has 0 saturated heterocycles. The normalized spacial score (nSPS) is 11.1. The summed E-state index contributed by atoms with van der Waals surface area (Å²) in [6.45, 7) is 0. The molecule has 90 heavy (non-hydrogen) atoms. The monoisotopic (exact) mass is 1150 g/mol. The molecule has 0 saturated carbocycles. The van der Waals surface area contributed by atoms with E-state index in [1.807, 2.05) is 48.5 Å². The van der Waals surface area contributed by atoms with E-state index < -0.39 is 0 Å². The Balaban J connectivity index is 0.888. The molecular formula is C82H58N8. The van der Waals surface area contributed by atoms with Crippen LogP contribution < -0.4 is 19.6 Å². The maximum Gasteiger partial charge on any atom is 0.0973 e. The predicted molar refractivity (Wildman–Crippen MR) is 373 cm³/mol. The minimum absolute atomic E-state index is 0.701. The molecule has 0 aliphatic heterocycles. The van der Waals surface area contributed by atoms with Crippen LogP contribution in [0.3, 0.4) is 0 Å². The molecule has 0 spiro atoms. The van der Waals surface area contributed by atoms with Crippen LogP contribution in [0.2, 0.25) is 0 Å². The fraction of sp³-hybridized carbons (Fsp3) is 0. The van der Waals surface area contributed by atoms with E-state index >= 15 is 0 Å². The SMILES string of the molecule is c1ccc(N(c2ccccc2)c2ccc(-c3nc4cc5nc(-c6ccc(N(c7ccccc7)c7ccccc7)cc6)c(-c6ccc(N(c7ccccc7)c7ccccc7)cc6)nc5cc4nc3-c3ccc(N(c4ccccc4)c4ccccc4)cc3)cc2)cc1. The Labute approximate surface area is 523 Å². The van der Waals surface area contributed by atoms with Gasteiger partial charge in [-0.1, -0.05) is 194 Å². The Bertz CT molecular complexity index is 4090. The first kappa shape index (κ1) is 54.4. The molecule has 0 atom stereocenters. The van der Waals surface area contributed by atoms with Crippen molar-refractivity contribution in [2.75, 3.05) is 19.6 Å². The van der Waals surface area contributed by atoms with Crippen molar-refractivity contribution in [1.29, 1.82) is 0 Å². The largest absolute Gasteiger partial charge is 0.311 e. The van der Waals surface area contributed by atoms with Crippen LogP contribution in [0.4, 0.5) is 68.2 Å². The molecule has 426 valence electrons. The van der Waals surface area contributed by atoms with E-state index in [-0.39, 0.29) is 0 Å². The second kappa shape index (κ2) is 24.6. The molecule has 0 aliphatic rings. The molecule has 0 fully saturated rings. The zero-order valence-electron chi connectivity index (χ0n) is 49.1. The summed E-state index contributed by atoms with van der Waals surface area (Å²) in [5.41, 5.74) is 22.0. The van der Waals surface area contributed by atoms with E-state index in [4.69, 9.17) is 19.9 Å². The summed E-state index contributed by atoms with van der Waals surface area (Å²) in [6, 6.07) is 122. The van der Waals surface area contributed by atoms with Crippen molar-refractivity contribution in [3.8, 4) is 45.0 Å². The van der Waals surface area contributed by atoms with Gasteiger partial charge in [0.2, 0.25) is 0 Å². The van der Waals surface area contributed by atoms with Crippen LogP contribution >= 0.6 is 0 Å². The second-order valence-corrected chi connectivity index (χ2v) is 21.9. The third-order valence-electron chi connectivity index (χ3n) is 16.2. The van der Waals surface area contributed by atoms with Crippen molar-refractivity contribution in [2.24, 2.45) is 0 Å². The Morgan fingerprint density at radius 2 is 0.278 bits per heavy atom. The fourth-order valence-electron chi connectivity index (χ4n) is 11.9. The lowest BCUT2D eigenvalue weighted by atomic mass is 10.0. The van der Waals surface area contributed by atoms with E-state index in [1.54, 1.807) is 0 Å². The number of fused-ring (bicyclic) bond motifs is 2. The van der Waals surface area contributed by atoms with Crippen molar-refractivity contribution >= 4 is 90.3 Å². The molecule has 8 heteroatoms. The van der Waals surface area contributed by atoms with Crippen LogP contribution in [0.1, 0.15) is 0 Å². The van der Waals surface area contributed by atoms with Crippen LogP contribution in [0.25, 0.3) is 67.1 Å². The number of para-hydroxylation sites is 8. The molecule has 2 aromatic heterocycles. The van der Waals surface area contributed by atoms with Gasteiger partial charge in [-0.15, -0.1) is 0 Å². The molecule has 13 aromatic carbocycles. The third-order valence-corrected chi connectivity index (χ3v) is 16.2. The van der Waals surface area contributed by atoms with Crippen molar-refractivity contribution in [3.05, 3.63) is 352 Å². The number of aromatic nitrogens is 4. The lowest BCUT2D eigenvalue weighted by molar-refractivity contribution is 1.25. The van der Waals surface area contributed by atoms with E-state index in [0.717, 1.165) is 113 Å². The van der Waals surface area contributed by atoms with Gasteiger partial charge in [-0.2, -0.15) is 0 Å². The van der Waals surface area contributed by atoms with Crippen LogP contribution in [0.15, 0.2) is 352 Å². The molecule has 0 bridgehead atoms. The van der Waals surface area contributed by atoms with Crippen LogP contribution in [-0.2, 0) is 0 Å². The number of hydrogen-bond acceptors (Lipinski definition) is 8. The topological polar surface area (TPSA) is 64.5 Å². The number of hydrogen-bond donors (Lipinski definition) is 0. The molecule has 0 amide bonds. The van der Waals surface area contributed by atoms with Gasteiger partial charge < -0.3 is 19.6 Å². The minimum atomic E-state index is 0.701. The Hall–Kier alpha value is -12.3. The van der Waals surface area contributed by atoms with Crippen molar-refractivity contribution in [1.82, 2.24) is 19.9 Å². The molecule has 0 aliphatic carbocycles. The van der Waals surface area contributed by atoms with Crippen LogP contribution in [0.5, 0.6) is 0 Å². The summed E-state index contributed by atoms with van der Waals surface area (Å²) in [7, 11) is 0. The number of anilines is 12. The third kappa shape index (κ3) is 11.0. The van der Waals surface area contributed by atoms with Gasteiger partial charge in [0, 0.05) is 90.5 Å². The molecule has 0 N–H and O–H groups in total. The highest BCUT2D eigenvalue weighted by atomic mass is 15.2. The average molecular weight is 1160 g/mol. The standard InChI is InChI=1S/C82H58N8/c1-9-25-63(26-10-1)87(64-27-11-2-12-28-64)71-49-41-59(42-50-71)79-80(60-43-51-72(52-44-60)88(65-29-13-3-14-30-65)66-31-15-4-16-32-66)84-76-58-78-77(57-75(76)83-79)85-81(61-45-53-73(54-46-61)89(67-33-17-5-18-34-67)68-35-19-6-20-36-68)82(86-78)62-47-55-74(56-48-62)90(69-37-21-7-22-38-69)70-39-23-8-24-40-70/h1-58H. The Morgan fingerprint density at radius 3 is 0.422 bits per heavy atom. The summed E-state index contributed by atoms with van der Waals surface area (Å²) in [5, 5.41) is 0. The maximum atomic E-state index is 5.60. The molecule has 15 aromatic rings. The Kier molecular flexibility index (Phi) is 14.9. The molecule has 0 radical (unpaired) electrons. The highest BCUT2D eigenvalue weighted by Gasteiger charge is 2.22. The second-order valence-electron chi connectivity index (χ2n) is 21.9. The summed E-state index contributed by atoms with van der Waals surface area (Å²) in [5.74, 6) is 0. The van der Waals surface area contributed by atoms with Gasteiger partial charge in [-0.05, 0) is 158 Å². The number of benzene rings is 13. The fourth-order valence-corrected chi connectivity index (χ4v) is 11.9. The smallest absolute Gasteiger partial charge is 0.0973 e. The van der Waals surface area contributed by atoms with Gasteiger partial charge in [0.1, 0.15) is 0 Å². The Morgan fingerprint density at radius 1 is 0.144 bits per heavy atom. The highest BCUT2D eigenvalue weighted by molar-refractivity contribution is 5.97. The first-order chi connectivity index (χ1) is 44.6. The lowest BCUT2D eigenvalue weighted by Crippen LogP contribution is -2.09. The first-order valence-electron chi connectivity index (χ1n) is 30.2. The van der Waals surface area contributed by atoms with Crippen molar-refractivity contribution in [3.63, 3.8) is 0 Å². The van der Waals surface area contributed by atoms with Gasteiger partial charge in [-0.3, -0.25) is 0 Å². The van der Waals surface area contributed by atoms with Gasteiger partial charge in [0.15, 0.2) is 0 Å². The quantitative estimate of drug-likeness (QED) is 0.0887. The van der Waals surface area contributed by atoms with Crippen molar-refractivity contribution < 1.29 is 0 Å². The molecular weight excluding hydrogens is 1100 g/mol. The summed E-state index contributed by atoms with van der Waals surface area (Å²) < 4.78 is 0. The maximum absolute atomic E-state index is 5.60. The molecule has 8 nitrogen and oxygen atoms in total. The van der Waals surface area contributed by atoms with E-state index in [1.165, 1.54) is 0 Å². The van der Waals surface area contributed by atoms with Gasteiger partial charge in [-0.25, -0.2) is 19.9 Å². The summed E-state index contributed by atoms with van der Waals surface area (Å²) in [6.07, 6.45) is 0. The van der Waals surface area contributed by atoms with E-state index in [0.29, 0.717) is 22.1 Å². The van der Waals surface area contributed by atoms with Gasteiger partial charge in [0.05, 0.1) is 44.8 Å². The zero-order valence-corrected chi connectivity index (χ0v) is 49.1. The molecule has 0 unspecified atom stereocenters. The highest BCUT2D eigenvalue weighted by Crippen LogP contribution is 2.43. The van der Waals surface area contributed by atoms with E-state index in [2.05, 4.69) is 323 Å². The summed E-state index contributed by atoms with van der Waals surface area (Å²) in [4.78, 5) is 31.5. The minimum Gasteiger partial charge on any atom is -0.311 e. The van der Waals surface area contributed by atoms with Crippen molar-refractivity contribution in [2.45, 2.75) is 0 Å². The van der Waals surface area contributed by atoms with Gasteiger partial charge >= 0.3 is 0 Å².